The molecule has 1 heterocycles. The molecule has 2 N–H and O–H groups in total. The highest BCUT2D eigenvalue weighted by Crippen LogP contribution is 2.10. The summed E-state index contributed by atoms with van der Waals surface area (Å²) in [5, 5.41) is 15.7. The number of anilines is 1. The second kappa shape index (κ2) is 6.24. The summed E-state index contributed by atoms with van der Waals surface area (Å²) in [6, 6.07) is 0.0465. The molecule has 17 heavy (non-hydrogen) atoms. The van der Waals surface area contributed by atoms with Crippen LogP contribution in [-0.2, 0) is 0 Å². The fourth-order valence-electron chi connectivity index (χ4n) is 1.41. The second-order valence-electron chi connectivity index (χ2n) is 4.04. The highest BCUT2D eigenvalue weighted by Gasteiger charge is 2.12. The van der Waals surface area contributed by atoms with E-state index in [0.29, 0.717) is 18.8 Å². The van der Waals surface area contributed by atoms with Crippen molar-refractivity contribution in [1.82, 2.24) is 14.7 Å². The van der Waals surface area contributed by atoms with E-state index >= 15 is 0 Å². The molecule has 0 saturated carbocycles. The third-order valence-electron chi connectivity index (χ3n) is 2.42. The van der Waals surface area contributed by atoms with Gasteiger partial charge in [-0.1, -0.05) is 0 Å². The largest absolute Gasteiger partial charge is 0.395 e. The van der Waals surface area contributed by atoms with Crippen LogP contribution in [0.4, 0.5) is 10.5 Å². The Hall–Kier alpha value is -1.56. The van der Waals surface area contributed by atoms with E-state index in [9.17, 15) is 4.79 Å². The molecule has 0 aliphatic heterocycles. The molecule has 96 valence electrons. The number of amides is 2. The maximum absolute atomic E-state index is 11.8. The van der Waals surface area contributed by atoms with Crippen molar-refractivity contribution in [2.45, 2.75) is 26.8 Å². The number of hydrogen-bond donors (Lipinski definition) is 2. The molecular weight excluding hydrogens is 220 g/mol. The average molecular weight is 240 g/mol. The van der Waals surface area contributed by atoms with Gasteiger partial charge in [0, 0.05) is 25.3 Å². The Balaban J connectivity index is 2.60. The van der Waals surface area contributed by atoms with E-state index in [4.69, 9.17) is 5.11 Å². The molecule has 1 aromatic rings. The molecule has 0 fully saturated rings. The molecule has 0 aliphatic carbocycles. The van der Waals surface area contributed by atoms with Crippen LogP contribution >= 0.6 is 0 Å². The summed E-state index contributed by atoms with van der Waals surface area (Å²) in [4.78, 5) is 13.3. The average Bonchev–Trinajstić information content (AvgIpc) is 2.74. The fraction of sp³-hybridized carbons (Fsp3) is 0.636. The zero-order valence-corrected chi connectivity index (χ0v) is 10.6. The number of nitrogens with zero attached hydrogens (tertiary/aromatic N) is 3. The number of hydrogen-bond acceptors (Lipinski definition) is 3. The highest BCUT2D eigenvalue weighted by atomic mass is 16.3. The molecule has 1 aromatic heterocycles. The summed E-state index contributed by atoms with van der Waals surface area (Å²) in [6.45, 7) is 6.76. The second-order valence-corrected chi connectivity index (χ2v) is 4.04. The van der Waals surface area contributed by atoms with Gasteiger partial charge >= 0.3 is 6.03 Å². The Morgan fingerprint density at radius 2 is 2.35 bits per heavy atom. The van der Waals surface area contributed by atoms with Gasteiger partial charge in [0.2, 0.25) is 0 Å². The van der Waals surface area contributed by atoms with Crippen LogP contribution in [0.1, 0.15) is 26.8 Å². The predicted molar refractivity (Wildman–Crippen MR) is 66.0 cm³/mol. The number of aromatic nitrogens is 2. The van der Waals surface area contributed by atoms with E-state index in [0.717, 1.165) is 0 Å². The van der Waals surface area contributed by atoms with Crippen molar-refractivity contribution >= 4 is 11.7 Å². The summed E-state index contributed by atoms with van der Waals surface area (Å²) in [6.07, 6.45) is 3.40. The standard InChI is InChI=1S/C11H20N4O2/c1-4-14(5-6-16)11(17)13-10-7-12-15(8-10)9(2)3/h7-9,16H,4-6H2,1-3H3,(H,13,17). The molecule has 1 rings (SSSR count). The molecule has 0 atom stereocenters. The van der Waals surface area contributed by atoms with Gasteiger partial charge in [0.15, 0.2) is 0 Å². The van der Waals surface area contributed by atoms with Gasteiger partial charge in [-0.05, 0) is 20.8 Å². The molecular formula is C11H20N4O2. The van der Waals surface area contributed by atoms with Crippen molar-refractivity contribution in [2.24, 2.45) is 0 Å². The van der Waals surface area contributed by atoms with Crippen LogP contribution in [0.15, 0.2) is 12.4 Å². The van der Waals surface area contributed by atoms with Gasteiger partial charge in [0.25, 0.3) is 0 Å². The van der Waals surface area contributed by atoms with E-state index < -0.39 is 0 Å². The van der Waals surface area contributed by atoms with Crippen LogP contribution in [0.5, 0.6) is 0 Å². The minimum atomic E-state index is -0.218. The highest BCUT2D eigenvalue weighted by molar-refractivity contribution is 5.88. The van der Waals surface area contributed by atoms with Crippen LogP contribution in [0.25, 0.3) is 0 Å². The minimum absolute atomic E-state index is 0.0352. The Bertz CT molecular complexity index is 362. The van der Waals surface area contributed by atoms with E-state index in [2.05, 4.69) is 10.4 Å². The lowest BCUT2D eigenvalue weighted by Crippen LogP contribution is -2.36. The number of rotatable bonds is 5. The van der Waals surface area contributed by atoms with Crippen molar-refractivity contribution < 1.29 is 9.90 Å². The van der Waals surface area contributed by atoms with Crippen LogP contribution in [0.3, 0.4) is 0 Å². The molecule has 0 bridgehead atoms. The first-order valence-electron chi connectivity index (χ1n) is 5.79. The van der Waals surface area contributed by atoms with E-state index in [1.165, 1.54) is 4.90 Å². The first-order chi connectivity index (χ1) is 8.08. The lowest BCUT2D eigenvalue weighted by molar-refractivity contribution is 0.192. The smallest absolute Gasteiger partial charge is 0.322 e. The monoisotopic (exact) mass is 240 g/mol. The molecule has 6 heteroatoms. The number of urea groups is 1. The van der Waals surface area contributed by atoms with Gasteiger partial charge in [-0.3, -0.25) is 4.68 Å². The molecule has 0 radical (unpaired) electrons. The normalized spacial score (nSPS) is 10.6. The van der Waals surface area contributed by atoms with Gasteiger partial charge in [-0.15, -0.1) is 0 Å². The lowest BCUT2D eigenvalue weighted by atomic mass is 10.4. The third-order valence-corrected chi connectivity index (χ3v) is 2.42. The quantitative estimate of drug-likeness (QED) is 0.815. The summed E-state index contributed by atoms with van der Waals surface area (Å²) in [7, 11) is 0. The van der Waals surface area contributed by atoms with Gasteiger partial charge in [-0.2, -0.15) is 5.10 Å². The third kappa shape index (κ3) is 3.74. The number of carbonyl (C=O) groups excluding carboxylic acids is 1. The van der Waals surface area contributed by atoms with Crippen LogP contribution in [0.2, 0.25) is 0 Å². The van der Waals surface area contributed by atoms with Crippen molar-refractivity contribution in [3.63, 3.8) is 0 Å². The van der Waals surface area contributed by atoms with Gasteiger partial charge in [0.05, 0.1) is 18.5 Å². The van der Waals surface area contributed by atoms with Gasteiger partial charge in [-0.25, -0.2) is 4.79 Å². The van der Waals surface area contributed by atoms with E-state index in [1.54, 1.807) is 17.1 Å². The molecule has 0 unspecified atom stereocenters. The zero-order chi connectivity index (χ0) is 12.8. The topological polar surface area (TPSA) is 70.4 Å². The molecule has 0 spiro atoms. The van der Waals surface area contributed by atoms with Crippen LogP contribution in [0, 0.1) is 0 Å². The van der Waals surface area contributed by atoms with E-state index in [1.807, 2.05) is 20.8 Å². The Kier molecular flexibility index (Phi) is 4.96. The molecule has 2 amide bonds. The zero-order valence-electron chi connectivity index (χ0n) is 10.6. The Morgan fingerprint density at radius 1 is 1.65 bits per heavy atom. The summed E-state index contributed by atoms with van der Waals surface area (Å²) in [5.41, 5.74) is 0.667. The Morgan fingerprint density at radius 3 is 2.82 bits per heavy atom. The van der Waals surface area contributed by atoms with Crippen molar-refractivity contribution in [1.29, 1.82) is 0 Å². The number of aliphatic hydroxyl groups is 1. The molecule has 0 aromatic carbocycles. The fourth-order valence-corrected chi connectivity index (χ4v) is 1.41. The first-order valence-corrected chi connectivity index (χ1v) is 5.79. The summed E-state index contributed by atoms with van der Waals surface area (Å²) < 4.78 is 1.78. The summed E-state index contributed by atoms with van der Waals surface area (Å²) >= 11 is 0. The van der Waals surface area contributed by atoms with Gasteiger partial charge < -0.3 is 15.3 Å². The van der Waals surface area contributed by atoms with Crippen LogP contribution < -0.4 is 5.32 Å². The Labute approximate surface area is 101 Å². The SMILES string of the molecule is CCN(CCO)C(=O)Nc1cnn(C(C)C)c1. The number of carbonyl (C=O) groups is 1. The molecule has 0 saturated heterocycles. The van der Waals surface area contributed by atoms with Crippen molar-refractivity contribution in [3.05, 3.63) is 12.4 Å². The maximum Gasteiger partial charge on any atom is 0.322 e. The summed E-state index contributed by atoms with van der Waals surface area (Å²) in [5.74, 6) is 0. The van der Waals surface area contributed by atoms with Gasteiger partial charge in [0.1, 0.15) is 0 Å². The van der Waals surface area contributed by atoms with Crippen LogP contribution in [-0.4, -0.2) is 45.5 Å². The number of nitrogens with one attached hydrogen (secondary N) is 1. The van der Waals surface area contributed by atoms with Crippen molar-refractivity contribution in [3.8, 4) is 0 Å². The number of likely N-dealkylation sites (N-methyl/N-ethyl adjacent to an activating group) is 1. The van der Waals surface area contributed by atoms with E-state index in [-0.39, 0.29) is 18.7 Å². The molecule has 6 nitrogen and oxygen atoms in total. The lowest BCUT2D eigenvalue weighted by Gasteiger charge is -2.19. The van der Waals surface area contributed by atoms with Crippen molar-refractivity contribution in [2.75, 3.05) is 25.0 Å². The molecule has 0 aliphatic rings. The first kappa shape index (κ1) is 13.5. The minimum Gasteiger partial charge on any atom is -0.395 e. The maximum atomic E-state index is 11.8. The number of aliphatic hydroxyl groups excluding tert-OH is 1. The predicted octanol–water partition coefficient (Wildman–Crippen LogP) is 1.31.